The van der Waals surface area contributed by atoms with Crippen LogP contribution in [-0.4, -0.2) is 83.5 Å². The quantitative estimate of drug-likeness (QED) is 0.329. The van der Waals surface area contributed by atoms with Crippen LogP contribution in [0.5, 0.6) is 6.01 Å². The molecule has 8 nitrogen and oxygen atoms in total. The van der Waals surface area contributed by atoms with E-state index in [9.17, 15) is 0 Å². The van der Waals surface area contributed by atoms with Crippen molar-refractivity contribution in [1.82, 2.24) is 25.2 Å². The molecule has 0 amide bonds. The van der Waals surface area contributed by atoms with Crippen molar-refractivity contribution in [3.05, 3.63) is 53.4 Å². The van der Waals surface area contributed by atoms with E-state index in [0.717, 1.165) is 69.1 Å². The summed E-state index contributed by atoms with van der Waals surface area (Å²) >= 11 is 6.61. The number of hydrogen-bond acceptors (Lipinski definition) is 8. The lowest BCUT2D eigenvalue weighted by Crippen LogP contribution is -2.51. The molecule has 4 aliphatic heterocycles. The van der Waals surface area contributed by atoms with Crippen molar-refractivity contribution >= 4 is 39.1 Å². The van der Waals surface area contributed by atoms with Gasteiger partial charge in [0.15, 0.2) is 5.82 Å². The average molecular weight is 589 g/mol. The summed E-state index contributed by atoms with van der Waals surface area (Å²) < 4.78 is 28.8. The normalized spacial score (nSPS) is 27.3. The second-order valence-corrected chi connectivity index (χ2v) is 12.7. The van der Waals surface area contributed by atoms with E-state index in [1.54, 1.807) is 13.3 Å². The van der Waals surface area contributed by atoms with Crippen LogP contribution in [0.1, 0.15) is 32.1 Å². The zero-order valence-electron chi connectivity index (χ0n) is 23.7. The summed E-state index contributed by atoms with van der Waals surface area (Å²) in [6.07, 6.45) is 7.25. The van der Waals surface area contributed by atoms with E-state index in [1.807, 2.05) is 36.4 Å². The smallest absolute Gasteiger partial charge is 0.319 e. The fourth-order valence-corrected chi connectivity index (χ4v) is 8.08. The summed E-state index contributed by atoms with van der Waals surface area (Å²) in [5.41, 5.74) is 0.973. The minimum atomic E-state index is -0.493. The first kappa shape index (κ1) is 26.5. The highest BCUT2D eigenvalue weighted by Gasteiger charge is 2.49. The lowest BCUT2D eigenvalue weighted by atomic mass is 9.94. The summed E-state index contributed by atoms with van der Waals surface area (Å²) in [6.45, 7) is 4.00. The standard InChI is InChI=1S/C32H34ClFN6O2/c1-41-22-13-32(11-4-12-40(32)17-22)18-42-31-37-29-24(30(38-31)39-15-20-9-10-21(16-39)36-20)14-35-28(27(29)34)23-7-2-5-19-6-3-8-25(33)26(19)23/h2-3,5-8,14,20-22,36H,4,9-13,15-18H2,1H3/t20?,21?,22-,32+/m0/s1. The summed E-state index contributed by atoms with van der Waals surface area (Å²) in [4.78, 5) is 19.0. The molecule has 1 N–H and O–H groups in total. The van der Waals surface area contributed by atoms with Crippen molar-refractivity contribution in [2.24, 2.45) is 0 Å². The highest BCUT2D eigenvalue weighted by Crippen LogP contribution is 2.41. The van der Waals surface area contributed by atoms with Crippen LogP contribution in [0.4, 0.5) is 10.2 Å². The molecule has 4 fully saturated rings. The van der Waals surface area contributed by atoms with Gasteiger partial charge < -0.3 is 19.7 Å². The van der Waals surface area contributed by atoms with E-state index in [-0.39, 0.29) is 28.9 Å². The van der Waals surface area contributed by atoms with E-state index in [1.165, 1.54) is 0 Å². The third-order valence-electron chi connectivity index (χ3n) is 9.84. The Hall–Kier alpha value is -3.11. The average Bonchev–Trinajstić information content (AvgIpc) is 3.67. The summed E-state index contributed by atoms with van der Waals surface area (Å²) in [5.74, 6) is 0.191. The lowest BCUT2D eigenvalue weighted by Gasteiger charge is -2.34. The van der Waals surface area contributed by atoms with Crippen molar-refractivity contribution in [3.8, 4) is 17.3 Å². The number of pyridine rings is 1. The van der Waals surface area contributed by atoms with Crippen LogP contribution in [0.25, 0.3) is 32.9 Å². The molecule has 4 aromatic rings. The van der Waals surface area contributed by atoms with E-state index in [0.29, 0.717) is 40.5 Å². The molecule has 4 aliphatic rings. The number of halogens is 2. The maximum atomic E-state index is 16.7. The van der Waals surface area contributed by atoms with Gasteiger partial charge in [-0.3, -0.25) is 9.88 Å². The number of piperazine rings is 1. The fourth-order valence-electron chi connectivity index (χ4n) is 7.80. The maximum absolute atomic E-state index is 16.7. The predicted molar refractivity (Wildman–Crippen MR) is 162 cm³/mol. The molecule has 2 aromatic carbocycles. The molecule has 0 radical (unpaired) electrons. The number of aromatic nitrogens is 3. The van der Waals surface area contributed by atoms with Gasteiger partial charge in [0.2, 0.25) is 0 Å². The molecule has 0 spiro atoms. The van der Waals surface area contributed by atoms with Gasteiger partial charge in [-0.25, -0.2) is 4.39 Å². The van der Waals surface area contributed by atoms with E-state index in [4.69, 9.17) is 31.0 Å². The molecule has 8 rings (SSSR count). The summed E-state index contributed by atoms with van der Waals surface area (Å²) in [5, 5.41) is 6.52. The minimum Gasteiger partial charge on any atom is -0.461 e. The second-order valence-electron chi connectivity index (χ2n) is 12.3. The predicted octanol–water partition coefficient (Wildman–Crippen LogP) is 5.21. The molecule has 0 saturated carbocycles. The van der Waals surface area contributed by atoms with Crippen molar-refractivity contribution in [3.63, 3.8) is 0 Å². The Bertz CT molecular complexity index is 1670. The molecule has 2 unspecified atom stereocenters. The number of nitrogens with one attached hydrogen (secondary N) is 1. The number of rotatable bonds is 6. The SMILES string of the molecule is CO[C@@H]1CN2CCC[C@]2(COc2nc(N3CC4CCC(C3)N4)c3cnc(-c4cccc5cccc(Cl)c45)c(F)c3n2)C1. The van der Waals surface area contributed by atoms with Crippen molar-refractivity contribution in [1.29, 1.82) is 0 Å². The zero-order valence-corrected chi connectivity index (χ0v) is 24.4. The van der Waals surface area contributed by atoms with Crippen LogP contribution in [0.3, 0.4) is 0 Å². The lowest BCUT2D eigenvalue weighted by molar-refractivity contribution is 0.0997. The fraction of sp³-hybridized carbons (Fsp3) is 0.469. The van der Waals surface area contributed by atoms with E-state index < -0.39 is 5.82 Å². The molecular formula is C32H34ClFN6O2. The van der Waals surface area contributed by atoms with Gasteiger partial charge in [0, 0.05) is 61.0 Å². The van der Waals surface area contributed by atoms with Crippen molar-refractivity contribution in [2.45, 2.75) is 55.8 Å². The van der Waals surface area contributed by atoms with Gasteiger partial charge in [-0.15, -0.1) is 0 Å². The largest absolute Gasteiger partial charge is 0.461 e. The minimum absolute atomic E-state index is 0.102. The first-order valence-electron chi connectivity index (χ1n) is 15.0. The first-order valence-corrected chi connectivity index (χ1v) is 15.3. The number of hydrogen-bond donors (Lipinski definition) is 1. The first-order chi connectivity index (χ1) is 20.5. The molecular weight excluding hydrogens is 555 g/mol. The molecule has 2 bridgehead atoms. The highest BCUT2D eigenvalue weighted by molar-refractivity contribution is 6.36. The Labute approximate surface area is 249 Å². The Balaban J connectivity index is 1.23. The van der Waals surface area contributed by atoms with Gasteiger partial charge in [-0.2, -0.15) is 9.97 Å². The van der Waals surface area contributed by atoms with Gasteiger partial charge in [0.05, 0.1) is 17.0 Å². The van der Waals surface area contributed by atoms with Gasteiger partial charge in [-0.05, 0) is 50.1 Å². The van der Waals surface area contributed by atoms with Crippen molar-refractivity contribution < 1.29 is 13.9 Å². The highest BCUT2D eigenvalue weighted by atomic mass is 35.5. The number of methoxy groups -OCH3 is 1. The number of fused-ring (bicyclic) bond motifs is 5. The molecule has 42 heavy (non-hydrogen) atoms. The molecule has 4 atom stereocenters. The zero-order chi connectivity index (χ0) is 28.4. The van der Waals surface area contributed by atoms with Crippen LogP contribution in [0.2, 0.25) is 5.02 Å². The van der Waals surface area contributed by atoms with Crippen LogP contribution >= 0.6 is 11.6 Å². The number of nitrogens with zero attached hydrogens (tertiary/aromatic N) is 5. The van der Waals surface area contributed by atoms with Crippen molar-refractivity contribution in [2.75, 3.05) is 44.8 Å². The Morgan fingerprint density at radius 3 is 2.71 bits per heavy atom. The molecule has 218 valence electrons. The second kappa shape index (κ2) is 10.3. The third kappa shape index (κ3) is 4.32. The number of anilines is 1. The Kier molecular flexibility index (Phi) is 6.48. The number of benzene rings is 2. The molecule has 2 aromatic heterocycles. The van der Waals surface area contributed by atoms with Crippen LogP contribution in [0, 0.1) is 5.82 Å². The number of ether oxygens (including phenoxy) is 2. The molecule has 6 heterocycles. The van der Waals surface area contributed by atoms with Crippen LogP contribution in [-0.2, 0) is 4.74 Å². The maximum Gasteiger partial charge on any atom is 0.319 e. The Morgan fingerprint density at radius 2 is 1.90 bits per heavy atom. The monoisotopic (exact) mass is 588 g/mol. The van der Waals surface area contributed by atoms with Gasteiger partial charge in [-0.1, -0.05) is 41.9 Å². The summed E-state index contributed by atoms with van der Waals surface area (Å²) in [6, 6.07) is 12.4. The van der Waals surface area contributed by atoms with Gasteiger partial charge in [0.25, 0.3) is 0 Å². The van der Waals surface area contributed by atoms with Crippen LogP contribution < -0.4 is 15.0 Å². The van der Waals surface area contributed by atoms with E-state index >= 15 is 4.39 Å². The van der Waals surface area contributed by atoms with Gasteiger partial charge in [0.1, 0.15) is 23.6 Å². The van der Waals surface area contributed by atoms with Gasteiger partial charge >= 0.3 is 6.01 Å². The van der Waals surface area contributed by atoms with Crippen LogP contribution in [0.15, 0.2) is 42.6 Å². The topological polar surface area (TPSA) is 75.6 Å². The molecule has 4 saturated heterocycles. The molecule has 0 aliphatic carbocycles. The van der Waals surface area contributed by atoms with E-state index in [2.05, 4.69) is 20.1 Å². The third-order valence-corrected chi connectivity index (χ3v) is 10.2. The Morgan fingerprint density at radius 1 is 1.10 bits per heavy atom. The molecule has 10 heteroatoms. The summed E-state index contributed by atoms with van der Waals surface area (Å²) in [7, 11) is 1.78.